The molecular weight excluding hydrogens is 274 g/mol. The zero-order valence-electron chi connectivity index (χ0n) is 10.3. The van der Waals surface area contributed by atoms with Crippen molar-refractivity contribution >= 4 is 35.6 Å². The molecule has 1 atom stereocenters. The maximum Gasteiger partial charge on any atom is 0.326 e. The molecule has 0 radical (unpaired) electrons. The average molecular weight is 289 g/mol. The van der Waals surface area contributed by atoms with Crippen LogP contribution in [0.1, 0.15) is 6.42 Å². The highest BCUT2D eigenvalue weighted by Gasteiger charge is 2.31. The minimum absolute atomic E-state index is 0.138. The maximum atomic E-state index is 11.6. The number of amides is 4. The predicted molar refractivity (Wildman–Crippen MR) is 67.7 cm³/mol. The number of nitrogens with one attached hydrogen (secondary N) is 2. The van der Waals surface area contributed by atoms with Crippen LogP contribution in [0, 0.1) is 0 Å². The van der Waals surface area contributed by atoms with Gasteiger partial charge in [0.05, 0.1) is 6.54 Å². The fourth-order valence-electron chi connectivity index (χ4n) is 1.49. The number of aliphatic carboxylic acids is 1. The third kappa shape index (κ3) is 4.43. The zero-order valence-corrected chi connectivity index (χ0v) is 11.2. The van der Waals surface area contributed by atoms with Crippen molar-refractivity contribution in [2.75, 3.05) is 25.1 Å². The van der Waals surface area contributed by atoms with Crippen LogP contribution in [0.2, 0.25) is 0 Å². The summed E-state index contributed by atoms with van der Waals surface area (Å²) in [6.45, 7) is -0.603. The molecule has 3 N–H and O–H groups in total. The molecule has 0 aromatic heterocycles. The first-order valence-corrected chi connectivity index (χ1v) is 6.94. The highest BCUT2D eigenvalue weighted by Crippen LogP contribution is 2.02. The van der Waals surface area contributed by atoms with E-state index in [0.29, 0.717) is 5.75 Å². The van der Waals surface area contributed by atoms with Gasteiger partial charge in [0.25, 0.3) is 5.91 Å². The molecule has 0 aromatic rings. The molecule has 19 heavy (non-hydrogen) atoms. The van der Waals surface area contributed by atoms with E-state index in [2.05, 4.69) is 10.6 Å². The van der Waals surface area contributed by atoms with Crippen LogP contribution in [-0.4, -0.2) is 65.0 Å². The molecular formula is C10H15N3O5S. The molecule has 1 saturated heterocycles. The molecule has 4 amide bonds. The van der Waals surface area contributed by atoms with E-state index in [-0.39, 0.29) is 13.0 Å². The van der Waals surface area contributed by atoms with E-state index < -0.39 is 36.4 Å². The van der Waals surface area contributed by atoms with Gasteiger partial charge in [-0.15, -0.1) is 0 Å². The first kappa shape index (κ1) is 15.3. The summed E-state index contributed by atoms with van der Waals surface area (Å²) in [6, 6.07) is -1.66. The van der Waals surface area contributed by atoms with Crippen molar-refractivity contribution in [1.82, 2.24) is 15.5 Å². The number of rotatable bonds is 7. The predicted octanol–water partition coefficient (Wildman–Crippen LogP) is -1.14. The van der Waals surface area contributed by atoms with Crippen LogP contribution in [0.5, 0.6) is 0 Å². The third-order valence-electron chi connectivity index (χ3n) is 2.48. The van der Waals surface area contributed by atoms with Crippen LogP contribution in [-0.2, 0) is 14.4 Å². The van der Waals surface area contributed by atoms with Gasteiger partial charge in [-0.2, -0.15) is 11.8 Å². The molecule has 8 nitrogen and oxygen atoms in total. The van der Waals surface area contributed by atoms with Crippen LogP contribution in [0.15, 0.2) is 0 Å². The summed E-state index contributed by atoms with van der Waals surface area (Å²) in [4.78, 5) is 45.7. The summed E-state index contributed by atoms with van der Waals surface area (Å²) in [5.74, 6) is -1.73. The molecule has 0 aromatic carbocycles. The average Bonchev–Trinajstić information content (AvgIpc) is 2.66. The number of carbonyl (C=O) groups excluding carboxylic acids is 3. The van der Waals surface area contributed by atoms with E-state index >= 15 is 0 Å². The van der Waals surface area contributed by atoms with Crippen molar-refractivity contribution < 1.29 is 24.3 Å². The van der Waals surface area contributed by atoms with E-state index in [1.54, 1.807) is 0 Å². The minimum atomic E-state index is -1.14. The van der Waals surface area contributed by atoms with E-state index in [4.69, 9.17) is 5.11 Å². The lowest BCUT2D eigenvalue weighted by Crippen LogP contribution is -2.47. The number of hydrogen-bond donors (Lipinski definition) is 3. The number of thioether (sulfide) groups is 1. The van der Waals surface area contributed by atoms with Crippen molar-refractivity contribution in [2.45, 2.75) is 12.5 Å². The second kappa shape index (κ2) is 6.98. The standard InChI is InChI=1S/C10H15N3O5S/c1-19-3-2-6(9(16)17)12-7(14)5-13-8(15)4-11-10(13)18/h6H,2-5H2,1H3,(H,11,18)(H,12,14)(H,16,17)/t6-/m0/s1. The number of hydrogen-bond acceptors (Lipinski definition) is 5. The number of nitrogens with zero attached hydrogens (tertiary/aromatic N) is 1. The summed E-state index contributed by atoms with van der Waals surface area (Å²) in [7, 11) is 0. The van der Waals surface area contributed by atoms with Crippen molar-refractivity contribution in [1.29, 1.82) is 0 Å². The SMILES string of the molecule is CSCC[C@H](NC(=O)CN1C(=O)CNC1=O)C(=O)O. The van der Waals surface area contributed by atoms with Crippen LogP contribution >= 0.6 is 11.8 Å². The molecule has 1 aliphatic heterocycles. The Morgan fingerprint density at radius 1 is 1.53 bits per heavy atom. The highest BCUT2D eigenvalue weighted by atomic mass is 32.2. The smallest absolute Gasteiger partial charge is 0.326 e. The van der Waals surface area contributed by atoms with Crippen LogP contribution in [0.25, 0.3) is 0 Å². The highest BCUT2D eigenvalue weighted by molar-refractivity contribution is 7.98. The van der Waals surface area contributed by atoms with Gasteiger partial charge in [-0.05, 0) is 18.4 Å². The minimum Gasteiger partial charge on any atom is -0.480 e. The number of carbonyl (C=O) groups is 4. The molecule has 0 unspecified atom stereocenters. The summed E-state index contributed by atoms with van der Waals surface area (Å²) >= 11 is 1.46. The van der Waals surface area contributed by atoms with Gasteiger partial charge >= 0.3 is 12.0 Å². The Kier molecular flexibility index (Phi) is 5.61. The molecule has 0 bridgehead atoms. The Bertz CT molecular complexity index is 385. The van der Waals surface area contributed by atoms with E-state index in [0.717, 1.165) is 4.90 Å². The Hall–Kier alpha value is -1.77. The van der Waals surface area contributed by atoms with Crippen LogP contribution in [0.4, 0.5) is 4.79 Å². The molecule has 0 aliphatic carbocycles. The first-order chi connectivity index (χ1) is 8.95. The normalized spacial score (nSPS) is 16.2. The summed E-state index contributed by atoms with van der Waals surface area (Å²) in [5, 5.41) is 13.5. The lowest BCUT2D eigenvalue weighted by molar-refractivity contribution is -0.142. The molecule has 0 spiro atoms. The van der Waals surface area contributed by atoms with Gasteiger partial charge in [-0.3, -0.25) is 14.5 Å². The number of imide groups is 1. The van der Waals surface area contributed by atoms with Gasteiger partial charge in [-0.25, -0.2) is 9.59 Å². The molecule has 1 fully saturated rings. The largest absolute Gasteiger partial charge is 0.480 e. The van der Waals surface area contributed by atoms with Gasteiger partial charge in [0.1, 0.15) is 12.6 Å². The summed E-state index contributed by atoms with van der Waals surface area (Å²) in [6.07, 6.45) is 2.11. The Balaban J connectivity index is 2.50. The van der Waals surface area contributed by atoms with E-state index in [1.807, 2.05) is 6.26 Å². The number of carboxylic acid groups (broad SMARTS) is 1. The zero-order chi connectivity index (χ0) is 14.4. The van der Waals surface area contributed by atoms with Crippen molar-refractivity contribution in [3.8, 4) is 0 Å². The van der Waals surface area contributed by atoms with Crippen molar-refractivity contribution in [3.63, 3.8) is 0 Å². The van der Waals surface area contributed by atoms with Gasteiger partial charge in [-0.1, -0.05) is 0 Å². The van der Waals surface area contributed by atoms with Gasteiger partial charge in [0, 0.05) is 0 Å². The monoisotopic (exact) mass is 289 g/mol. The topological polar surface area (TPSA) is 116 Å². The quantitative estimate of drug-likeness (QED) is 0.510. The molecule has 1 aliphatic rings. The van der Waals surface area contributed by atoms with Gasteiger partial charge in [0.15, 0.2) is 0 Å². The van der Waals surface area contributed by atoms with E-state index in [1.165, 1.54) is 11.8 Å². The third-order valence-corrected chi connectivity index (χ3v) is 3.13. The van der Waals surface area contributed by atoms with Crippen LogP contribution < -0.4 is 10.6 Å². The number of carboxylic acids is 1. The molecule has 1 heterocycles. The molecule has 106 valence electrons. The second-order valence-corrected chi connectivity index (χ2v) is 4.86. The molecule has 1 rings (SSSR count). The Morgan fingerprint density at radius 2 is 2.21 bits per heavy atom. The van der Waals surface area contributed by atoms with Crippen LogP contribution in [0.3, 0.4) is 0 Å². The van der Waals surface area contributed by atoms with E-state index in [9.17, 15) is 19.2 Å². The van der Waals surface area contributed by atoms with Gasteiger partial charge < -0.3 is 15.7 Å². The van der Waals surface area contributed by atoms with Gasteiger partial charge in [0.2, 0.25) is 5.91 Å². The molecule has 9 heteroatoms. The van der Waals surface area contributed by atoms with Crippen molar-refractivity contribution in [3.05, 3.63) is 0 Å². The number of urea groups is 1. The Labute approximate surface area is 113 Å². The lowest BCUT2D eigenvalue weighted by Gasteiger charge is -2.16. The first-order valence-electron chi connectivity index (χ1n) is 5.55. The fraction of sp³-hybridized carbons (Fsp3) is 0.600. The summed E-state index contributed by atoms with van der Waals surface area (Å²) < 4.78 is 0. The Morgan fingerprint density at radius 3 is 2.68 bits per heavy atom. The summed E-state index contributed by atoms with van der Waals surface area (Å²) in [5.41, 5.74) is 0. The molecule has 0 saturated carbocycles. The fourth-order valence-corrected chi connectivity index (χ4v) is 1.96. The maximum absolute atomic E-state index is 11.6. The lowest BCUT2D eigenvalue weighted by atomic mass is 10.2. The van der Waals surface area contributed by atoms with Crippen molar-refractivity contribution in [2.24, 2.45) is 0 Å². The second-order valence-electron chi connectivity index (χ2n) is 3.88.